The van der Waals surface area contributed by atoms with Gasteiger partial charge in [0.1, 0.15) is 5.82 Å². The molecule has 5 nitrogen and oxygen atoms in total. The zero-order chi connectivity index (χ0) is 13.9. The van der Waals surface area contributed by atoms with Crippen LogP contribution in [0, 0.1) is 0 Å². The number of aryl methyl sites for hydroxylation is 1. The first-order valence-corrected chi connectivity index (χ1v) is 8.02. The second kappa shape index (κ2) is 7.24. The number of likely N-dealkylation sites (tertiary alicyclic amines) is 1. The second-order valence-corrected chi connectivity index (χ2v) is 6.45. The summed E-state index contributed by atoms with van der Waals surface area (Å²) >= 11 is 1.59. The van der Waals surface area contributed by atoms with Crippen molar-refractivity contribution in [1.82, 2.24) is 19.4 Å². The maximum atomic E-state index is 5.70. The zero-order valence-electron chi connectivity index (χ0n) is 12.2. The molecule has 116 valence electrons. The van der Waals surface area contributed by atoms with Gasteiger partial charge in [0.2, 0.25) is 0 Å². The van der Waals surface area contributed by atoms with Crippen molar-refractivity contribution in [3.05, 3.63) is 29.3 Å². The molecule has 1 unspecified atom stereocenters. The van der Waals surface area contributed by atoms with Crippen LogP contribution >= 0.6 is 23.7 Å². The zero-order valence-corrected chi connectivity index (χ0v) is 13.9. The van der Waals surface area contributed by atoms with Gasteiger partial charge in [-0.25, -0.2) is 9.97 Å². The molecule has 0 spiro atoms. The van der Waals surface area contributed by atoms with Gasteiger partial charge < -0.3 is 10.3 Å². The summed E-state index contributed by atoms with van der Waals surface area (Å²) in [6, 6.07) is 0.548. The van der Waals surface area contributed by atoms with Crippen LogP contribution in [0.2, 0.25) is 0 Å². The minimum absolute atomic E-state index is 0. The molecule has 1 fully saturated rings. The van der Waals surface area contributed by atoms with E-state index in [-0.39, 0.29) is 12.4 Å². The van der Waals surface area contributed by atoms with Gasteiger partial charge in [0.25, 0.3) is 0 Å². The Hall–Kier alpha value is -1.11. The molecule has 0 amide bonds. The Morgan fingerprint density at radius 1 is 1.43 bits per heavy atom. The monoisotopic (exact) mass is 327 g/mol. The first-order valence-electron chi connectivity index (χ1n) is 7.20. The van der Waals surface area contributed by atoms with Crippen molar-refractivity contribution in [2.45, 2.75) is 38.8 Å². The summed E-state index contributed by atoms with van der Waals surface area (Å²) in [5.41, 5.74) is 5.70. The Bertz CT molecular complexity index is 567. The van der Waals surface area contributed by atoms with Crippen LogP contribution in [0.25, 0.3) is 0 Å². The molecule has 0 bridgehead atoms. The average molecular weight is 328 g/mol. The van der Waals surface area contributed by atoms with Crippen molar-refractivity contribution in [3.63, 3.8) is 0 Å². The fraction of sp³-hybridized carbons (Fsp3) is 0.571. The number of anilines is 1. The highest BCUT2D eigenvalue weighted by molar-refractivity contribution is 7.15. The summed E-state index contributed by atoms with van der Waals surface area (Å²) in [7, 11) is 0. The van der Waals surface area contributed by atoms with Gasteiger partial charge in [-0.3, -0.25) is 4.90 Å². The molecule has 21 heavy (non-hydrogen) atoms. The van der Waals surface area contributed by atoms with Crippen LogP contribution in [0.15, 0.2) is 18.6 Å². The van der Waals surface area contributed by atoms with Gasteiger partial charge in [0.15, 0.2) is 5.13 Å². The van der Waals surface area contributed by atoms with Gasteiger partial charge in [-0.15, -0.1) is 23.7 Å². The van der Waals surface area contributed by atoms with E-state index < -0.39 is 0 Å². The highest BCUT2D eigenvalue weighted by atomic mass is 35.5. The number of halogens is 1. The summed E-state index contributed by atoms with van der Waals surface area (Å²) < 4.78 is 2.35. The number of rotatable bonds is 4. The number of hydrogen-bond acceptors (Lipinski definition) is 5. The van der Waals surface area contributed by atoms with E-state index >= 15 is 0 Å². The minimum Gasteiger partial charge on any atom is -0.375 e. The molecule has 0 aromatic carbocycles. The standard InChI is InChI=1S/C14H21N5S.ClH/c1-2-13-16-5-7-19(13)11-4-3-6-18(9-11)10-12-8-17-14(15)20-12;/h5,7-8,11H,2-4,6,9-10H2,1H3,(H2,15,17);1H. The number of thiazole rings is 1. The Morgan fingerprint density at radius 2 is 2.29 bits per heavy atom. The first kappa shape index (κ1) is 16.3. The SMILES string of the molecule is CCc1nccn1C1CCCN(Cc2cnc(N)s2)C1.Cl. The number of aromatic nitrogens is 3. The summed E-state index contributed by atoms with van der Waals surface area (Å²) in [4.78, 5) is 12.3. The van der Waals surface area contributed by atoms with E-state index in [1.165, 1.54) is 23.5 Å². The minimum atomic E-state index is 0. The molecule has 1 saturated heterocycles. The van der Waals surface area contributed by atoms with Crippen LogP contribution < -0.4 is 5.73 Å². The van der Waals surface area contributed by atoms with Crippen molar-refractivity contribution < 1.29 is 0 Å². The van der Waals surface area contributed by atoms with Crippen LogP contribution in [0.3, 0.4) is 0 Å². The molecule has 0 radical (unpaired) electrons. The van der Waals surface area contributed by atoms with Gasteiger partial charge in [0.05, 0.1) is 0 Å². The lowest BCUT2D eigenvalue weighted by Gasteiger charge is -2.33. The Morgan fingerprint density at radius 3 is 3.00 bits per heavy atom. The van der Waals surface area contributed by atoms with Gasteiger partial charge in [-0.2, -0.15) is 0 Å². The molecule has 2 N–H and O–H groups in total. The molecule has 1 aliphatic rings. The Labute approximate surface area is 135 Å². The first-order chi connectivity index (χ1) is 9.76. The predicted octanol–water partition coefficient (Wildman–Crippen LogP) is 2.74. The van der Waals surface area contributed by atoms with E-state index in [0.717, 1.165) is 26.1 Å². The third-order valence-corrected chi connectivity index (χ3v) is 4.70. The summed E-state index contributed by atoms with van der Waals surface area (Å²) in [5.74, 6) is 1.19. The van der Waals surface area contributed by atoms with Crippen molar-refractivity contribution in [3.8, 4) is 0 Å². The number of nitrogens with two attached hydrogens (primary N) is 1. The van der Waals surface area contributed by atoms with Crippen LogP contribution in [-0.4, -0.2) is 32.5 Å². The number of nitrogens with zero attached hydrogens (tertiary/aromatic N) is 4. The van der Waals surface area contributed by atoms with E-state index in [1.54, 1.807) is 11.3 Å². The highest BCUT2D eigenvalue weighted by Crippen LogP contribution is 2.25. The molecule has 3 heterocycles. The third kappa shape index (κ3) is 3.75. The molecule has 2 aromatic heterocycles. The Kier molecular flexibility index (Phi) is 5.61. The second-order valence-electron chi connectivity index (χ2n) is 5.30. The molecule has 2 aromatic rings. The van der Waals surface area contributed by atoms with E-state index in [4.69, 9.17) is 5.73 Å². The summed E-state index contributed by atoms with van der Waals surface area (Å²) in [5, 5.41) is 0.663. The predicted molar refractivity (Wildman–Crippen MR) is 88.9 cm³/mol. The quantitative estimate of drug-likeness (QED) is 0.938. The average Bonchev–Trinajstić information content (AvgIpc) is 3.08. The number of nitrogen functional groups attached to an aromatic ring is 1. The van der Waals surface area contributed by atoms with Gasteiger partial charge >= 0.3 is 0 Å². The van der Waals surface area contributed by atoms with Crippen LogP contribution in [-0.2, 0) is 13.0 Å². The fourth-order valence-corrected chi connectivity index (χ4v) is 3.69. The molecule has 3 rings (SSSR count). The smallest absolute Gasteiger partial charge is 0.180 e. The molecule has 0 saturated carbocycles. The number of hydrogen-bond donors (Lipinski definition) is 1. The lowest BCUT2D eigenvalue weighted by Crippen LogP contribution is -2.36. The van der Waals surface area contributed by atoms with E-state index in [2.05, 4.69) is 32.6 Å². The Balaban J connectivity index is 0.00000161. The topological polar surface area (TPSA) is 60.0 Å². The van der Waals surface area contributed by atoms with Crippen LogP contribution in [0.1, 0.15) is 36.5 Å². The molecule has 0 aliphatic carbocycles. The molecule has 1 atom stereocenters. The summed E-state index contributed by atoms with van der Waals surface area (Å²) in [6.07, 6.45) is 9.41. The van der Waals surface area contributed by atoms with E-state index in [1.807, 2.05) is 12.4 Å². The van der Waals surface area contributed by atoms with Gasteiger partial charge in [-0.1, -0.05) is 6.92 Å². The number of imidazole rings is 1. The lowest BCUT2D eigenvalue weighted by molar-refractivity contribution is 0.169. The highest BCUT2D eigenvalue weighted by Gasteiger charge is 2.22. The molecule has 1 aliphatic heterocycles. The largest absolute Gasteiger partial charge is 0.375 e. The van der Waals surface area contributed by atoms with Crippen molar-refractivity contribution in [1.29, 1.82) is 0 Å². The van der Waals surface area contributed by atoms with Gasteiger partial charge in [0, 0.05) is 49.0 Å². The normalized spacial score (nSPS) is 19.4. The van der Waals surface area contributed by atoms with Gasteiger partial charge in [-0.05, 0) is 19.4 Å². The maximum Gasteiger partial charge on any atom is 0.180 e. The summed E-state index contributed by atoms with van der Waals surface area (Å²) in [6.45, 7) is 5.37. The van der Waals surface area contributed by atoms with E-state index in [9.17, 15) is 0 Å². The fourth-order valence-electron chi connectivity index (χ4n) is 2.97. The lowest BCUT2D eigenvalue weighted by atomic mass is 10.1. The third-order valence-electron chi connectivity index (χ3n) is 3.89. The van der Waals surface area contributed by atoms with Crippen molar-refractivity contribution in [2.24, 2.45) is 0 Å². The number of piperidine rings is 1. The molecule has 7 heteroatoms. The molecular formula is C14H22ClN5S. The van der Waals surface area contributed by atoms with E-state index in [0.29, 0.717) is 11.2 Å². The van der Waals surface area contributed by atoms with Crippen LogP contribution in [0.4, 0.5) is 5.13 Å². The maximum absolute atomic E-state index is 5.70. The van der Waals surface area contributed by atoms with Crippen molar-refractivity contribution >= 4 is 28.9 Å². The molecular weight excluding hydrogens is 306 g/mol. The van der Waals surface area contributed by atoms with Crippen LogP contribution in [0.5, 0.6) is 0 Å². The van der Waals surface area contributed by atoms with Crippen molar-refractivity contribution in [2.75, 3.05) is 18.8 Å².